The molecule has 0 aromatic heterocycles. The van der Waals surface area contributed by atoms with Crippen LogP contribution in [0.15, 0.2) is 30.3 Å². The van der Waals surface area contributed by atoms with E-state index in [2.05, 4.69) is 41.8 Å². The molecular formula is C15H22N2O. The van der Waals surface area contributed by atoms with Gasteiger partial charge in [-0.25, -0.2) is 0 Å². The zero-order chi connectivity index (χ0) is 12.8. The molecule has 98 valence electrons. The van der Waals surface area contributed by atoms with E-state index in [0.717, 1.165) is 13.0 Å². The Morgan fingerprint density at radius 2 is 2.06 bits per heavy atom. The molecule has 0 saturated heterocycles. The Balaban J connectivity index is 1.60. The van der Waals surface area contributed by atoms with Gasteiger partial charge >= 0.3 is 0 Å². The summed E-state index contributed by atoms with van der Waals surface area (Å²) in [6, 6.07) is 11.0. The molecule has 1 aromatic rings. The van der Waals surface area contributed by atoms with Crippen LogP contribution < -0.4 is 10.6 Å². The van der Waals surface area contributed by atoms with Crippen molar-refractivity contribution in [2.75, 3.05) is 13.1 Å². The number of carbonyl (C=O) groups is 1. The summed E-state index contributed by atoms with van der Waals surface area (Å²) in [6.45, 7) is 3.41. The van der Waals surface area contributed by atoms with E-state index >= 15 is 0 Å². The van der Waals surface area contributed by atoms with Gasteiger partial charge in [0.05, 0.1) is 6.54 Å². The third kappa shape index (κ3) is 4.49. The zero-order valence-electron chi connectivity index (χ0n) is 11.0. The average molecular weight is 246 g/mol. The lowest BCUT2D eigenvalue weighted by Gasteiger charge is -2.12. The smallest absolute Gasteiger partial charge is 0.233 e. The molecule has 18 heavy (non-hydrogen) atoms. The molecule has 1 atom stereocenters. The highest BCUT2D eigenvalue weighted by Gasteiger charge is 2.20. The summed E-state index contributed by atoms with van der Waals surface area (Å²) >= 11 is 0. The van der Waals surface area contributed by atoms with E-state index in [4.69, 9.17) is 0 Å². The predicted octanol–water partition coefficient (Wildman–Crippen LogP) is 2.05. The van der Waals surface area contributed by atoms with Crippen molar-refractivity contribution in [3.8, 4) is 0 Å². The van der Waals surface area contributed by atoms with Crippen LogP contribution in [0.2, 0.25) is 0 Å². The summed E-state index contributed by atoms with van der Waals surface area (Å²) in [5, 5.41) is 6.18. The highest BCUT2D eigenvalue weighted by molar-refractivity contribution is 5.78. The molecule has 2 rings (SSSR count). The van der Waals surface area contributed by atoms with Gasteiger partial charge in [0.15, 0.2) is 0 Å². The fourth-order valence-corrected chi connectivity index (χ4v) is 1.96. The molecule has 1 aliphatic carbocycles. The van der Waals surface area contributed by atoms with Gasteiger partial charge in [-0.15, -0.1) is 0 Å². The van der Waals surface area contributed by atoms with Crippen molar-refractivity contribution in [3.05, 3.63) is 35.9 Å². The normalized spacial score (nSPS) is 16.3. The maximum atomic E-state index is 11.5. The van der Waals surface area contributed by atoms with Crippen LogP contribution in [0.1, 0.15) is 37.7 Å². The maximum Gasteiger partial charge on any atom is 0.233 e. The minimum atomic E-state index is 0.113. The Morgan fingerprint density at radius 1 is 1.33 bits per heavy atom. The Hall–Kier alpha value is -1.35. The molecule has 0 aliphatic heterocycles. The number of benzene rings is 1. The SMILES string of the molecule is CC(CCNC(=O)CNC1CC1)c1ccccc1. The van der Waals surface area contributed by atoms with E-state index in [1.54, 1.807) is 0 Å². The first-order chi connectivity index (χ1) is 8.75. The van der Waals surface area contributed by atoms with Crippen LogP contribution >= 0.6 is 0 Å². The fraction of sp³-hybridized carbons (Fsp3) is 0.533. The van der Waals surface area contributed by atoms with Gasteiger partial charge in [0.2, 0.25) is 5.91 Å². The summed E-state index contributed by atoms with van der Waals surface area (Å²) < 4.78 is 0. The monoisotopic (exact) mass is 246 g/mol. The third-order valence-corrected chi connectivity index (χ3v) is 3.40. The van der Waals surface area contributed by atoms with Crippen LogP contribution in [-0.4, -0.2) is 25.0 Å². The van der Waals surface area contributed by atoms with E-state index in [9.17, 15) is 4.79 Å². The van der Waals surface area contributed by atoms with Gasteiger partial charge in [-0.1, -0.05) is 37.3 Å². The lowest BCUT2D eigenvalue weighted by molar-refractivity contribution is -0.120. The summed E-state index contributed by atoms with van der Waals surface area (Å²) in [5.41, 5.74) is 1.34. The van der Waals surface area contributed by atoms with Crippen molar-refractivity contribution in [2.24, 2.45) is 0 Å². The molecule has 3 nitrogen and oxygen atoms in total. The van der Waals surface area contributed by atoms with Crippen LogP contribution in [0, 0.1) is 0 Å². The van der Waals surface area contributed by atoms with Crippen LogP contribution in [0.25, 0.3) is 0 Å². The standard InChI is InChI=1S/C15H22N2O/c1-12(13-5-3-2-4-6-13)9-10-16-15(18)11-17-14-7-8-14/h2-6,12,14,17H,7-11H2,1H3,(H,16,18). The first-order valence-electron chi connectivity index (χ1n) is 6.80. The molecule has 0 spiro atoms. The molecule has 1 aliphatic rings. The van der Waals surface area contributed by atoms with E-state index in [1.165, 1.54) is 18.4 Å². The second kappa shape index (κ2) is 6.55. The molecule has 0 bridgehead atoms. The number of nitrogens with one attached hydrogen (secondary N) is 2. The van der Waals surface area contributed by atoms with Crippen molar-refractivity contribution in [1.82, 2.24) is 10.6 Å². The molecule has 1 aromatic carbocycles. The second-order valence-electron chi connectivity index (χ2n) is 5.11. The van der Waals surface area contributed by atoms with Crippen LogP contribution in [0.5, 0.6) is 0 Å². The summed E-state index contributed by atoms with van der Waals surface area (Å²) in [5.74, 6) is 0.602. The molecular weight excluding hydrogens is 224 g/mol. The molecule has 0 radical (unpaired) electrons. The summed E-state index contributed by atoms with van der Waals surface area (Å²) in [6.07, 6.45) is 3.43. The zero-order valence-corrected chi connectivity index (χ0v) is 11.0. The van der Waals surface area contributed by atoms with Crippen molar-refractivity contribution in [1.29, 1.82) is 0 Å². The largest absolute Gasteiger partial charge is 0.355 e. The Labute approximate surface area is 109 Å². The van der Waals surface area contributed by atoms with E-state index < -0.39 is 0 Å². The Bertz CT molecular complexity index is 373. The maximum absolute atomic E-state index is 11.5. The van der Waals surface area contributed by atoms with Crippen molar-refractivity contribution < 1.29 is 4.79 Å². The van der Waals surface area contributed by atoms with Gasteiger partial charge in [-0.3, -0.25) is 4.79 Å². The number of hydrogen-bond acceptors (Lipinski definition) is 2. The third-order valence-electron chi connectivity index (χ3n) is 3.40. The highest BCUT2D eigenvalue weighted by Crippen LogP contribution is 2.18. The molecule has 2 N–H and O–H groups in total. The van der Waals surface area contributed by atoms with Gasteiger partial charge in [0.25, 0.3) is 0 Å². The van der Waals surface area contributed by atoms with Crippen molar-refractivity contribution in [3.63, 3.8) is 0 Å². The van der Waals surface area contributed by atoms with Crippen LogP contribution in [0.3, 0.4) is 0 Å². The fourth-order valence-electron chi connectivity index (χ4n) is 1.96. The van der Waals surface area contributed by atoms with Crippen LogP contribution in [0.4, 0.5) is 0 Å². The first kappa shape index (κ1) is 13.1. The molecule has 1 unspecified atom stereocenters. The van der Waals surface area contributed by atoms with Crippen molar-refractivity contribution >= 4 is 5.91 Å². The Morgan fingerprint density at radius 3 is 2.72 bits per heavy atom. The quantitative estimate of drug-likeness (QED) is 0.773. The predicted molar refractivity (Wildman–Crippen MR) is 73.5 cm³/mol. The first-order valence-corrected chi connectivity index (χ1v) is 6.80. The van der Waals surface area contributed by atoms with E-state index in [0.29, 0.717) is 18.5 Å². The lowest BCUT2D eigenvalue weighted by atomic mass is 9.98. The Kier molecular flexibility index (Phi) is 4.76. The van der Waals surface area contributed by atoms with Gasteiger partial charge in [-0.05, 0) is 30.7 Å². The lowest BCUT2D eigenvalue weighted by Crippen LogP contribution is -2.35. The number of rotatable bonds is 7. The molecule has 1 fully saturated rings. The second-order valence-corrected chi connectivity index (χ2v) is 5.11. The van der Waals surface area contributed by atoms with E-state index in [1.807, 2.05) is 6.07 Å². The number of hydrogen-bond donors (Lipinski definition) is 2. The van der Waals surface area contributed by atoms with Gasteiger partial charge in [0, 0.05) is 12.6 Å². The number of amides is 1. The summed E-state index contributed by atoms with van der Waals surface area (Å²) in [4.78, 5) is 11.5. The minimum Gasteiger partial charge on any atom is -0.355 e. The summed E-state index contributed by atoms with van der Waals surface area (Å²) in [7, 11) is 0. The molecule has 1 saturated carbocycles. The van der Waals surface area contributed by atoms with Gasteiger partial charge < -0.3 is 10.6 Å². The highest BCUT2D eigenvalue weighted by atomic mass is 16.1. The minimum absolute atomic E-state index is 0.113. The van der Waals surface area contributed by atoms with Gasteiger partial charge in [0.1, 0.15) is 0 Å². The molecule has 1 amide bonds. The number of carbonyl (C=O) groups excluding carboxylic acids is 1. The van der Waals surface area contributed by atoms with Crippen molar-refractivity contribution in [2.45, 2.75) is 38.1 Å². The average Bonchev–Trinajstić information content (AvgIpc) is 3.21. The molecule has 0 heterocycles. The van der Waals surface area contributed by atoms with E-state index in [-0.39, 0.29) is 5.91 Å². The molecule has 3 heteroatoms. The van der Waals surface area contributed by atoms with Gasteiger partial charge in [-0.2, -0.15) is 0 Å². The van der Waals surface area contributed by atoms with Crippen LogP contribution in [-0.2, 0) is 4.79 Å². The topological polar surface area (TPSA) is 41.1 Å².